The van der Waals surface area contributed by atoms with Gasteiger partial charge >= 0.3 is 0 Å². The number of sulfone groups is 1. The molecule has 0 bridgehead atoms. The molecule has 0 aliphatic heterocycles. The van der Waals surface area contributed by atoms with E-state index in [0.717, 1.165) is 25.0 Å². The molecule has 210 valence electrons. The summed E-state index contributed by atoms with van der Waals surface area (Å²) in [5, 5.41) is -0.0642. The number of rotatable bonds is 12. The molecule has 1 unspecified atom stereocenters. The third kappa shape index (κ3) is 7.79. The number of aryl methyl sites for hydroxylation is 1. The largest absolute Gasteiger partial charge is 0.598 e. The van der Waals surface area contributed by atoms with Crippen molar-refractivity contribution in [2.45, 2.75) is 45.4 Å². The molecule has 11 heteroatoms. The summed E-state index contributed by atoms with van der Waals surface area (Å²) in [6, 6.07) is 9.05. The van der Waals surface area contributed by atoms with Gasteiger partial charge in [-0.3, -0.25) is 9.59 Å². The lowest BCUT2D eigenvalue weighted by atomic mass is 9.89. The molecule has 0 radical (unpaired) electrons. The predicted molar refractivity (Wildman–Crippen MR) is 155 cm³/mol. The van der Waals surface area contributed by atoms with Crippen LogP contribution in [0.1, 0.15) is 66.7 Å². The maximum atomic E-state index is 13.7. The Labute approximate surface area is 236 Å². The van der Waals surface area contributed by atoms with Crippen molar-refractivity contribution in [3.8, 4) is 11.1 Å². The van der Waals surface area contributed by atoms with Crippen molar-refractivity contribution < 1.29 is 22.2 Å². The molecule has 0 amide bonds. The van der Waals surface area contributed by atoms with Crippen LogP contribution in [0.5, 0.6) is 0 Å². The first-order chi connectivity index (χ1) is 18.4. The minimum absolute atomic E-state index is 0.0518. The van der Waals surface area contributed by atoms with Gasteiger partial charge in [0, 0.05) is 53.1 Å². The molecule has 0 aliphatic rings. The smallest absolute Gasteiger partial charge is 0.250 e. The van der Waals surface area contributed by atoms with Gasteiger partial charge in [-0.2, -0.15) is 0 Å². The minimum Gasteiger partial charge on any atom is -0.598 e. The number of nitrogens with zero attached hydrogens (tertiary/aromatic N) is 1. The first kappa shape index (κ1) is 31.0. The number of hydrogen-bond acceptors (Lipinski definition) is 6. The molecule has 0 spiro atoms. The fraction of sp³-hybridized carbons (Fsp3) is 0.357. The summed E-state index contributed by atoms with van der Waals surface area (Å²) < 4.78 is 55.5. The van der Waals surface area contributed by atoms with Gasteiger partial charge in [0.15, 0.2) is 15.6 Å². The summed E-state index contributed by atoms with van der Waals surface area (Å²) in [4.78, 5) is 26.4. The Kier molecular flexibility index (Phi) is 10.5. The van der Waals surface area contributed by atoms with Crippen LogP contribution in [0.25, 0.3) is 11.1 Å². The molecule has 1 aromatic heterocycles. The van der Waals surface area contributed by atoms with Gasteiger partial charge in [0.1, 0.15) is 11.6 Å². The van der Waals surface area contributed by atoms with Crippen molar-refractivity contribution in [1.82, 2.24) is 9.29 Å². The fourth-order valence-electron chi connectivity index (χ4n) is 4.10. The summed E-state index contributed by atoms with van der Waals surface area (Å²) >= 11 is 4.85. The maximum Gasteiger partial charge on any atom is 0.250 e. The zero-order valence-corrected chi connectivity index (χ0v) is 24.7. The Hall–Kier alpha value is -2.50. The summed E-state index contributed by atoms with van der Waals surface area (Å²) in [7, 11) is -1.82. The number of nitrogens with one attached hydrogen (secondary N) is 1. The zero-order valence-electron chi connectivity index (χ0n) is 22.3. The number of benzene rings is 2. The molecular formula is C28H32ClFN2O5S2. The van der Waals surface area contributed by atoms with E-state index >= 15 is 0 Å². The molecule has 0 aliphatic carbocycles. The van der Waals surface area contributed by atoms with Gasteiger partial charge in [-0.1, -0.05) is 44.0 Å². The lowest BCUT2D eigenvalue weighted by Gasteiger charge is -2.22. The van der Waals surface area contributed by atoms with Crippen LogP contribution in [0.3, 0.4) is 0 Å². The van der Waals surface area contributed by atoms with Gasteiger partial charge in [0.2, 0.25) is 0 Å². The maximum absolute atomic E-state index is 13.7. The molecular weight excluding hydrogens is 563 g/mol. The normalized spacial score (nSPS) is 13.3. The number of aromatic nitrogens is 1. The van der Waals surface area contributed by atoms with Crippen LogP contribution >= 0.6 is 11.6 Å². The molecule has 1 N–H and O–H groups in total. The third-order valence-electron chi connectivity index (χ3n) is 6.34. The van der Waals surface area contributed by atoms with Crippen molar-refractivity contribution in [2.24, 2.45) is 7.05 Å². The minimum atomic E-state index is -3.39. The van der Waals surface area contributed by atoms with E-state index in [1.54, 1.807) is 39.2 Å². The fourth-order valence-corrected chi connectivity index (χ4v) is 6.43. The first-order valence-electron chi connectivity index (χ1n) is 12.5. The lowest BCUT2D eigenvalue weighted by Crippen LogP contribution is -2.30. The highest BCUT2D eigenvalue weighted by atomic mass is 35.5. The summed E-state index contributed by atoms with van der Waals surface area (Å²) in [5.41, 5.74) is 1.79. The highest BCUT2D eigenvalue weighted by Gasteiger charge is 2.24. The number of carbonyl (C=O) groups is 1. The van der Waals surface area contributed by atoms with E-state index in [4.69, 9.17) is 11.6 Å². The number of halogens is 2. The molecule has 3 rings (SSSR count). The van der Waals surface area contributed by atoms with Gasteiger partial charge in [0.05, 0.1) is 16.8 Å². The van der Waals surface area contributed by atoms with Crippen molar-refractivity contribution >= 4 is 38.6 Å². The number of ketones is 1. The molecule has 39 heavy (non-hydrogen) atoms. The Morgan fingerprint density at radius 2 is 1.82 bits per heavy atom. The van der Waals surface area contributed by atoms with Gasteiger partial charge in [-0.25, -0.2) is 12.8 Å². The van der Waals surface area contributed by atoms with Crippen LogP contribution in [0.15, 0.2) is 53.5 Å². The van der Waals surface area contributed by atoms with Crippen LogP contribution in [-0.2, 0) is 34.0 Å². The van der Waals surface area contributed by atoms with Crippen LogP contribution in [0, 0.1) is 5.82 Å². The van der Waals surface area contributed by atoms with Crippen molar-refractivity contribution in [3.05, 3.63) is 92.1 Å². The molecule has 2 atom stereocenters. The van der Waals surface area contributed by atoms with E-state index in [1.165, 1.54) is 22.8 Å². The standard InChI is InChI=1S/C28H32ClFN2O5S2/c1-5-7-12-38(35)31-18(3)23-15-27(33)32(4)16-25(23)24-13-19(17-39(36,37)6-2)8-10-21(24)28(34)22-11-9-20(30)14-26(22)29/h8-11,13-16,18,31H,5-7,12,17H2,1-4H3/t18-,38?/m0/s1. The number of pyridine rings is 1. The van der Waals surface area contributed by atoms with Gasteiger partial charge in [-0.15, -0.1) is 4.72 Å². The van der Waals surface area contributed by atoms with E-state index < -0.39 is 38.8 Å². The second-order valence-electron chi connectivity index (χ2n) is 9.34. The molecule has 0 saturated carbocycles. The van der Waals surface area contributed by atoms with E-state index in [-0.39, 0.29) is 33.2 Å². The van der Waals surface area contributed by atoms with Crippen molar-refractivity contribution in [3.63, 3.8) is 0 Å². The predicted octanol–water partition coefficient (Wildman–Crippen LogP) is 5.12. The first-order valence-corrected chi connectivity index (χ1v) is 16.1. The zero-order chi connectivity index (χ0) is 28.9. The molecule has 3 aromatic rings. The quantitative estimate of drug-likeness (QED) is 0.230. The molecule has 1 heterocycles. The van der Waals surface area contributed by atoms with Crippen molar-refractivity contribution in [2.75, 3.05) is 11.5 Å². The molecule has 0 fully saturated rings. The topological polar surface area (TPSA) is 108 Å². The summed E-state index contributed by atoms with van der Waals surface area (Å²) in [6.07, 6.45) is 3.21. The third-order valence-corrected chi connectivity index (χ3v) is 9.58. The van der Waals surface area contributed by atoms with Crippen molar-refractivity contribution in [1.29, 1.82) is 0 Å². The van der Waals surface area contributed by atoms with Crippen LogP contribution in [0.4, 0.5) is 4.39 Å². The van der Waals surface area contributed by atoms with Crippen LogP contribution in [-0.4, -0.2) is 34.8 Å². The SMILES string of the molecule is CCCC[S+]([O-])N[C@@H](C)c1cc(=O)n(C)cc1-c1cc(CS(=O)(=O)CC)ccc1C(=O)c1ccc(F)cc1Cl. The van der Waals surface area contributed by atoms with E-state index in [2.05, 4.69) is 4.72 Å². The molecule has 0 saturated heterocycles. The molecule has 7 nitrogen and oxygen atoms in total. The summed E-state index contributed by atoms with van der Waals surface area (Å²) in [6.45, 7) is 5.32. The number of hydrogen-bond donors (Lipinski definition) is 1. The average molecular weight is 595 g/mol. The van der Waals surface area contributed by atoms with E-state index in [1.807, 2.05) is 6.92 Å². The Bertz CT molecular complexity index is 1520. The monoisotopic (exact) mass is 594 g/mol. The van der Waals surface area contributed by atoms with E-state index in [9.17, 15) is 27.0 Å². The highest BCUT2D eigenvalue weighted by Crippen LogP contribution is 2.34. The van der Waals surface area contributed by atoms with Crippen LogP contribution < -0.4 is 10.3 Å². The number of unbranched alkanes of at least 4 members (excludes halogenated alkanes) is 1. The summed E-state index contributed by atoms with van der Waals surface area (Å²) in [5.74, 6) is -0.930. The average Bonchev–Trinajstić information content (AvgIpc) is 2.88. The second kappa shape index (κ2) is 13.2. The lowest BCUT2D eigenvalue weighted by molar-refractivity contribution is 0.103. The van der Waals surface area contributed by atoms with Crippen LogP contribution in [0.2, 0.25) is 5.02 Å². The molecule has 2 aromatic carbocycles. The van der Waals surface area contributed by atoms with E-state index in [0.29, 0.717) is 28.0 Å². The Morgan fingerprint density at radius 1 is 1.13 bits per heavy atom. The number of carbonyl (C=O) groups excluding carboxylic acids is 1. The van der Waals surface area contributed by atoms with Gasteiger partial charge in [0.25, 0.3) is 5.56 Å². The second-order valence-corrected chi connectivity index (χ2v) is 13.4. The van der Waals surface area contributed by atoms with Gasteiger partial charge < -0.3 is 9.12 Å². The van der Waals surface area contributed by atoms with Gasteiger partial charge in [-0.05, 0) is 54.3 Å². The Balaban J connectivity index is 2.24. The Morgan fingerprint density at radius 3 is 2.46 bits per heavy atom. The highest BCUT2D eigenvalue weighted by molar-refractivity contribution is 7.90.